The number of carbonyl (C=O) groups excluding carboxylic acids is 1. The number of hydrogen-bond donors (Lipinski definition) is 1. The van der Waals surface area contributed by atoms with Gasteiger partial charge in [-0.15, -0.1) is 6.42 Å². The summed E-state index contributed by atoms with van der Waals surface area (Å²) in [6.07, 6.45) is 5.60. The second-order valence-corrected chi connectivity index (χ2v) is 8.21. The van der Waals surface area contributed by atoms with E-state index in [0.29, 0.717) is 23.9 Å². The van der Waals surface area contributed by atoms with Crippen molar-refractivity contribution in [3.05, 3.63) is 83.2 Å². The molecule has 5 rings (SSSR count). The predicted molar refractivity (Wildman–Crippen MR) is 130 cm³/mol. The van der Waals surface area contributed by atoms with Crippen LogP contribution in [0.4, 0.5) is 5.82 Å². The number of ether oxygens (including phenoxy) is 1. The van der Waals surface area contributed by atoms with E-state index in [1.54, 1.807) is 4.68 Å². The number of fused-ring (bicyclic) bond motifs is 1. The fourth-order valence-corrected chi connectivity index (χ4v) is 4.31. The Labute approximate surface area is 197 Å². The quantitative estimate of drug-likeness (QED) is 0.456. The lowest BCUT2D eigenvalue weighted by atomic mass is 9.84. The summed E-state index contributed by atoms with van der Waals surface area (Å²) in [5.41, 5.74) is 5.32. The van der Waals surface area contributed by atoms with Crippen LogP contribution in [-0.2, 0) is 4.79 Å². The second-order valence-electron chi connectivity index (χ2n) is 8.21. The lowest BCUT2D eigenvalue weighted by molar-refractivity contribution is -0.116. The summed E-state index contributed by atoms with van der Waals surface area (Å²) in [5.74, 6) is 3.89. The number of terminal acetylenes is 1. The van der Waals surface area contributed by atoms with Gasteiger partial charge in [-0.2, -0.15) is 9.78 Å². The van der Waals surface area contributed by atoms with Gasteiger partial charge in [0.05, 0.1) is 5.69 Å². The summed E-state index contributed by atoms with van der Waals surface area (Å²) in [6, 6.07) is 19.5. The number of benzene rings is 2. The maximum Gasteiger partial charge on any atom is 0.252 e. The molecule has 7 nitrogen and oxygen atoms in total. The highest BCUT2D eigenvalue weighted by atomic mass is 16.5. The molecule has 1 amide bonds. The second kappa shape index (κ2) is 8.83. The Bertz CT molecular complexity index is 1380. The molecule has 1 unspecified atom stereocenters. The molecule has 168 valence electrons. The molecule has 0 aliphatic carbocycles. The van der Waals surface area contributed by atoms with Crippen molar-refractivity contribution >= 4 is 11.7 Å². The topological polar surface area (TPSA) is 81.9 Å². The van der Waals surface area contributed by atoms with Crippen molar-refractivity contribution in [2.75, 3.05) is 11.9 Å². The van der Waals surface area contributed by atoms with Crippen LogP contribution in [0.2, 0.25) is 0 Å². The Morgan fingerprint density at radius 1 is 1.09 bits per heavy atom. The Kier molecular flexibility index (Phi) is 5.56. The SMILES string of the molecule is C#CCOc1ccc(C2CC(=O)Nc3c2c(-c2ccccc2)nn3-c2nc(C)cc(C)n2)cc1. The van der Waals surface area contributed by atoms with Crippen LogP contribution in [0.5, 0.6) is 5.75 Å². The molecule has 1 aliphatic rings. The molecule has 1 aliphatic heterocycles. The average molecular weight is 450 g/mol. The third kappa shape index (κ3) is 4.02. The maximum atomic E-state index is 12.8. The first-order valence-corrected chi connectivity index (χ1v) is 11.0. The zero-order chi connectivity index (χ0) is 23.7. The van der Waals surface area contributed by atoms with Crippen molar-refractivity contribution in [2.45, 2.75) is 26.2 Å². The highest BCUT2D eigenvalue weighted by Gasteiger charge is 2.35. The fraction of sp³-hybridized carbons (Fsp3) is 0.185. The lowest BCUT2D eigenvalue weighted by Gasteiger charge is -2.24. The maximum absolute atomic E-state index is 12.8. The Balaban J connectivity index is 1.69. The number of nitrogens with one attached hydrogen (secondary N) is 1. The molecule has 0 saturated heterocycles. The molecule has 2 aromatic carbocycles. The number of amides is 1. The third-order valence-corrected chi connectivity index (χ3v) is 5.73. The zero-order valence-electron chi connectivity index (χ0n) is 18.9. The zero-order valence-corrected chi connectivity index (χ0v) is 18.9. The number of hydrogen-bond acceptors (Lipinski definition) is 5. The van der Waals surface area contributed by atoms with Crippen LogP contribution in [-0.4, -0.2) is 32.3 Å². The third-order valence-electron chi connectivity index (χ3n) is 5.73. The van der Waals surface area contributed by atoms with Gasteiger partial charge in [-0.1, -0.05) is 48.4 Å². The van der Waals surface area contributed by atoms with E-state index >= 15 is 0 Å². The largest absolute Gasteiger partial charge is 0.481 e. The number of carbonyl (C=O) groups is 1. The first-order valence-electron chi connectivity index (χ1n) is 11.0. The fourth-order valence-electron chi connectivity index (χ4n) is 4.31. The summed E-state index contributed by atoms with van der Waals surface area (Å²) in [6.45, 7) is 4.03. The highest BCUT2D eigenvalue weighted by molar-refractivity contribution is 5.96. The summed E-state index contributed by atoms with van der Waals surface area (Å²) in [7, 11) is 0. The van der Waals surface area contributed by atoms with E-state index in [0.717, 1.165) is 33.8 Å². The Morgan fingerprint density at radius 3 is 2.47 bits per heavy atom. The van der Waals surface area contributed by atoms with Gasteiger partial charge in [0.25, 0.3) is 5.95 Å². The minimum Gasteiger partial charge on any atom is -0.481 e. The van der Waals surface area contributed by atoms with Crippen molar-refractivity contribution in [3.63, 3.8) is 0 Å². The van der Waals surface area contributed by atoms with Crippen molar-refractivity contribution < 1.29 is 9.53 Å². The van der Waals surface area contributed by atoms with Gasteiger partial charge < -0.3 is 10.1 Å². The molecule has 0 spiro atoms. The minimum absolute atomic E-state index is 0.0877. The standard InChI is InChI=1S/C27H23N5O2/c1-4-14-34-21-12-10-19(11-13-21)22-16-23(33)30-26-24(22)25(20-8-6-5-7-9-20)31-32(26)27-28-17(2)15-18(3)29-27/h1,5-13,15,22H,14,16H2,2-3H3,(H,30,33). The molecule has 0 saturated carbocycles. The molecule has 0 radical (unpaired) electrons. The molecule has 0 bridgehead atoms. The number of anilines is 1. The van der Waals surface area contributed by atoms with Crippen molar-refractivity contribution in [1.82, 2.24) is 19.7 Å². The van der Waals surface area contributed by atoms with E-state index in [1.807, 2.05) is 74.5 Å². The van der Waals surface area contributed by atoms with E-state index in [-0.39, 0.29) is 18.4 Å². The molecule has 7 heteroatoms. The first kappa shape index (κ1) is 21.4. The van der Waals surface area contributed by atoms with Crippen LogP contribution in [0, 0.1) is 26.2 Å². The van der Waals surface area contributed by atoms with Gasteiger partial charge in [0.2, 0.25) is 5.91 Å². The molecule has 1 atom stereocenters. The van der Waals surface area contributed by atoms with Crippen LogP contribution in [0.15, 0.2) is 60.7 Å². The van der Waals surface area contributed by atoms with Gasteiger partial charge in [-0.25, -0.2) is 9.97 Å². The summed E-state index contributed by atoms with van der Waals surface area (Å²) < 4.78 is 7.16. The molecule has 3 heterocycles. The van der Waals surface area contributed by atoms with E-state index in [2.05, 4.69) is 21.2 Å². The predicted octanol–water partition coefficient (Wildman–Crippen LogP) is 4.43. The Hall–Kier alpha value is -4.44. The van der Waals surface area contributed by atoms with Crippen LogP contribution in [0.1, 0.15) is 34.9 Å². The lowest BCUT2D eigenvalue weighted by Crippen LogP contribution is -2.25. The number of aromatic nitrogens is 4. The molecule has 1 N–H and O–H groups in total. The van der Waals surface area contributed by atoms with Crippen molar-refractivity contribution in [1.29, 1.82) is 0 Å². The number of nitrogens with zero attached hydrogens (tertiary/aromatic N) is 4. The van der Waals surface area contributed by atoms with Crippen LogP contribution in [0.3, 0.4) is 0 Å². The average Bonchev–Trinajstić information content (AvgIpc) is 3.22. The van der Waals surface area contributed by atoms with Gasteiger partial charge >= 0.3 is 0 Å². The first-order chi connectivity index (χ1) is 16.5. The molecular weight excluding hydrogens is 426 g/mol. The number of rotatable bonds is 5. The molecule has 0 fully saturated rings. The smallest absolute Gasteiger partial charge is 0.252 e. The summed E-state index contributed by atoms with van der Waals surface area (Å²) >= 11 is 0. The van der Waals surface area contributed by atoms with Gasteiger partial charge in [0.1, 0.15) is 18.2 Å². The monoisotopic (exact) mass is 449 g/mol. The minimum atomic E-state index is -0.194. The van der Waals surface area contributed by atoms with Crippen molar-refractivity contribution in [3.8, 4) is 35.3 Å². The molecule has 4 aromatic rings. The van der Waals surface area contributed by atoms with E-state index in [4.69, 9.17) is 16.3 Å². The van der Waals surface area contributed by atoms with E-state index in [1.165, 1.54) is 0 Å². The van der Waals surface area contributed by atoms with Gasteiger partial charge in [-0.05, 0) is 37.6 Å². The van der Waals surface area contributed by atoms with Crippen LogP contribution < -0.4 is 10.1 Å². The van der Waals surface area contributed by atoms with Crippen LogP contribution >= 0.6 is 0 Å². The number of aryl methyl sites for hydroxylation is 2. The molecule has 2 aromatic heterocycles. The van der Waals surface area contributed by atoms with E-state index in [9.17, 15) is 4.79 Å². The van der Waals surface area contributed by atoms with Gasteiger partial charge in [-0.3, -0.25) is 4.79 Å². The van der Waals surface area contributed by atoms with Gasteiger partial charge in [0.15, 0.2) is 0 Å². The Morgan fingerprint density at radius 2 is 1.79 bits per heavy atom. The van der Waals surface area contributed by atoms with Crippen LogP contribution in [0.25, 0.3) is 17.2 Å². The van der Waals surface area contributed by atoms with Crippen molar-refractivity contribution in [2.24, 2.45) is 0 Å². The summed E-state index contributed by atoms with van der Waals surface area (Å²) in [5, 5.41) is 7.94. The van der Waals surface area contributed by atoms with E-state index < -0.39 is 0 Å². The summed E-state index contributed by atoms with van der Waals surface area (Å²) in [4.78, 5) is 22.0. The molecule has 34 heavy (non-hydrogen) atoms. The molecular formula is C27H23N5O2. The normalized spacial score (nSPS) is 14.7. The van der Waals surface area contributed by atoms with Gasteiger partial charge in [0, 0.05) is 34.9 Å². The highest BCUT2D eigenvalue weighted by Crippen LogP contribution is 2.43.